The summed E-state index contributed by atoms with van der Waals surface area (Å²) >= 11 is 0. The van der Waals surface area contributed by atoms with Crippen molar-refractivity contribution in [2.24, 2.45) is 5.41 Å². The van der Waals surface area contributed by atoms with Crippen molar-refractivity contribution in [3.8, 4) is 17.2 Å². The van der Waals surface area contributed by atoms with Crippen molar-refractivity contribution in [3.05, 3.63) is 53.6 Å². The number of aliphatic hydroxyl groups excluding tert-OH is 1. The zero-order valence-corrected chi connectivity index (χ0v) is 17.3. The van der Waals surface area contributed by atoms with E-state index in [1.807, 2.05) is 23.1 Å². The number of carbonyl (C=O) groups is 1. The molecule has 3 rings (SSSR count). The maximum absolute atomic E-state index is 13.2. The van der Waals surface area contributed by atoms with Gasteiger partial charge >= 0.3 is 0 Å². The van der Waals surface area contributed by atoms with Crippen LogP contribution in [0.2, 0.25) is 0 Å². The first-order valence-corrected chi connectivity index (χ1v) is 9.80. The van der Waals surface area contributed by atoms with Gasteiger partial charge in [0.05, 0.1) is 21.3 Å². The predicted octanol–water partition coefficient (Wildman–Crippen LogP) is 3.17. The van der Waals surface area contributed by atoms with Crippen molar-refractivity contribution in [2.45, 2.75) is 19.3 Å². The minimum Gasteiger partial charge on any atom is -0.493 e. The van der Waals surface area contributed by atoms with Crippen molar-refractivity contribution >= 4 is 5.91 Å². The monoisotopic (exact) mass is 399 g/mol. The van der Waals surface area contributed by atoms with Crippen LogP contribution in [0.15, 0.2) is 42.5 Å². The summed E-state index contributed by atoms with van der Waals surface area (Å²) in [5.41, 5.74) is 1.61. The Labute approximate surface area is 172 Å². The number of likely N-dealkylation sites (tertiary alicyclic amines) is 1. The van der Waals surface area contributed by atoms with Crippen LogP contribution in [0.5, 0.6) is 17.2 Å². The number of rotatable bonds is 8. The summed E-state index contributed by atoms with van der Waals surface area (Å²) in [7, 11) is 4.61. The van der Waals surface area contributed by atoms with E-state index < -0.39 is 0 Å². The molecule has 0 saturated carbocycles. The molecule has 29 heavy (non-hydrogen) atoms. The standard InChI is InChI=1S/C23H29NO5/c1-27-19-13-18(14-20(28-2)21(19)29-3)22(26)24-11-9-23(16-24,10-12-25)15-17-7-5-4-6-8-17/h4-8,13-14,25H,9-12,15-16H2,1-3H3. The number of carbonyl (C=O) groups excluding carboxylic acids is 1. The lowest BCUT2D eigenvalue weighted by molar-refractivity contribution is 0.0761. The fraction of sp³-hybridized carbons (Fsp3) is 0.435. The molecule has 1 N–H and O–H groups in total. The van der Waals surface area contributed by atoms with Crippen molar-refractivity contribution < 1.29 is 24.1 Å². The number of hydrogen-bond acceptors (Lipinski definition) is 5. The van der Waals surface area contributed by atoms with Crippen LogP contribution in [0.1, 0.15) is 28.8 Å². The fourth-order valence-corrected chi connectivity index (χ4v) is 4.20. The molecular formula is C23H29NO5. The Hall–Kier alpha value is -2.73. The molecule has 1 saturated heterocycles. The Kier molecular flexibility index (Phi) is 6.64. The van der Waals surface area contributed by atoms with Gasteiger partial charge in [-0.05, 0) is 42.4 Å². The molecule has 0 aromatic heterocycles. The molecule has 1 aliphatic heterocycles. The summed E-state index contributed by atoms with van der Waals surface area (Å²) in [5, 5.41) is 9.66. The highest BCUT2D eigenvalue weighted by Gasteiger charge is 2.40. The highest BCUT2D eigenvalue weighted by molar-refractivity contribution is 5.96. The summed E-state index contributed by atoms with van der Waals surface area (Å²) in [6.07, 6.45) is 2.37. The van der Waals surface area contributed by atoms with Gasteiger partial charge in [-0.1, -0.05) is 30.3 Å². The smallest absolute Gasteiger partial charge is 0.254 e. The highest BCUT2D eigenvalue weighted by atomic mass is 16.5. The molecule has 1 heterocycles. The third kappa shape index (κ3) is 4.48. The zero-order chi connectivity index (χ0) is 20.9. The third-order valence-electron chi connectivity index (χ3n) is 5.70. The average molecular weight is 399 g/mol. The minimum atomic E-state index is -0.119. The summed E-state index contributed by atoms with van der Waals surface area (Å²) < 4.78 is 16.1. The first-order chi connectivity index (χ1) is 14.1. The molecule has 2 aromatic rings. The first-order valence-electron chi connectivity index (χ1n) is 9.80. The van der Waals surface area contributed by atoms with Gasteiger partial charge in [-0.25, -0.2) is 0 Å². The van der Waals surface area contributed by atoms with E-state index in [2.05, 4.69) is 12.1 Å². The average Bonchev–Trinajstić information content (AvgIpc) is 3.16. The molecule has 0 spiro atoms. The van der Waals surface area contributed by atoms with Crippen LogP contribution in [0.4, 0.5) is 0 Å². The Morgan fingerprint density at radius 3 is 2.28 bits per heavy atom. The second-order valence-electron chi connectivity index (χ2n) is 7.53. The Morgan fingerprint density at radius 1 is 1.07 bits per heavy atom. The van der Waals surface area contributed by atoms with Crippen LogP contribution in [-0.2, 0) is 6.42 Å². The third-order valence-corrected chi connectivity index (χ3v) is 5.70. The topological polar surface area (TPSA) is 68.2 Å². The largest absolute Gasteiger partial charge is 0.493 e. The van der Waals surface area contributed by atoms with Gasteiger partial charge in [0.1, 0.15) is 0 Å². The molecule has 0 aliphatic carbocycles. The lowest BCUT2D eigenvalue weighted by Crippen LogP contribution is -2.34. The van der Waals surface area contributed by atoms with Crippen LogP contribution in [0, 0.1) is 5.41 Å². The van der Waals surface area contributed by atoms with Crippen molar-refractivity contribution in [1.82, 2.24) is 4.90 Å². The molecular weight excluding hydrogens is 370 g/mol. The van der Waals surface area contributed by atoms with E-state index in [0.29, 0.717) is 42.3 Å². The summed E-state index contributed by atoms with van der Waals surface area (Å²) in [6, 6.07) is 13.6. The van der Waals surface area contributed by atoms with E-state index in [9.17, 15) is 9.90 Å². The highest BCUT2D eigenvalue weighted by Crippen LogP contribution is 2.41. The Morgan fingerprint density at radius 2 is 1.72 bits per heavy atom. The van der Waals surface area contributed by atoms with Crippen molar-refractivity contribution in [2.75, 3.05) is 41.0 Å². The molecule has 2 aromatic carbocycles. The van der Waals surface area contributed by atoms with Crippen LogP contribution in [-0.4, -0.2) is 56.9 Å². The zero-order valence-electron chi connectivity index (χ0n) is 17.3. The van der Waals surface area contributed by atoms with Gasteiger partial charge in [-0.3, -0.25) is 4.79 Å². The molecule has 1 amide bonds. The second kappa shape index (κ2) is 9.18. The molecule has 1 atom stereocenters. The van der Waals surface area contributed by atoms with Gasteiger partial charge < -0.3 is 24.2 Å². The molecule has 156 valence electrons. The van der Waals surface area contributed by atoms with E-state index in [1.165, 1.54) is 26.9 Å². The van der Waals surface area contributed by atoms with Crippen LogP contribution < -0.4 is 14.2 Å². The van der Waals surface area contributed by atoms with Gasteiger partial charge in [-0.15, -0.1) is 0 Å². The molecule has 1 unspecified atom stereocenters. The first kappa shape index (κ1) is 21.0. The van der Waals surface area contributed by atoms with Crippen molar-refractivity contribution in [3.63, 3.8) is 0 Å². The summed E-state index contributed by atoms with van der Waals surface area (Å²) in [6.45, 7) is 1.37. The number of nitrogens with zero attached hydrogens (tertiary/aromatic N) is 1. The van der Waals surface area contributed by atoms with Gasteiger partial charge in [0.25, 0.3) is 5.91 Å². The lowest BCUT2D eigenvalue weighted by Gasteiger charge is -2.29. The molecule has 6 heteroatoms. The molecule has 0 bridgehead atoms. The normalized spacial score (nSPS) is 18.6. The number of ether oxygens (including phenoxy) is 3. The van der Waals surface area contributed by atoms with E-state index in [4.69, 9.17) is 14.2 Å². The second-order valence-corrected chi connectivity index (χ2v) is 7.53. The van der Waals surface area contributed by atoms with E-state index in [1.54, 1.807) is 12.1 Å². The van der Waals surface area contributed by atoms with E-state index in [-0.39, 0.29) is 17.9 Å². The number of methoxy groups -OCH3 is 3. The number of amides is 1. The van der Waals surface area contributed by atoms with E-state index in [0.717, 1.165) is 12.8 Å². The maximum Gasteiger partial charge on any atom is 0.254 e. The lowest BCUT2D eigenvalue weighted by atomic mass is 9.78. The fourth-order valence-electron chi connectivity index (χ4n) is 4.20. The predicted molar refractivity (Wildman–Crippen MR) is 111 cm³/mol. The van der Waals surface area contributed by atoms with Gasteiger partial charge in [0.2, 0.25) is 5.75 Å². The SMILES string of the molecule is COc1cc(C(=O)N2CCC(CCO)(Cc3ccccc3)C2)cc(OC)c1OC. The van der Waals surface area contributed by atoms with Crippen LogP contribution in [0.3, 0.4) is 0 Å². The number of hydrogen-bond donors (Lipinski definition) is 1. The minimum absolute atomic E-state index is 0.0721. The molecule has 0 radical (unpaired) electrons. The van der Waals surface area contributed by atoms with Gasteiger partial charge in [-0.2, -0.15) is 0 Å². The summed E-state index contributed by atoms with van der Waals surface area (Å²) in [4.78, 5) is 15.1. The summed E-state index contributed by atoms with van der Waals surface area (Å²) in [5.74, 6) is 1.31. The van der Waals surface area contributed by atoms with Gasteiger partial charge in [0.15, 0.2) is 11.5 Å². The van der Waals surface area contributed by atoms with Crippen LogP contribution in [0.25, 0.3) is 0 Å². The number of benzene rings is 2. The Balaban J connectivity index is 1.83. The quantitative estimate of drug-likeness (QED) is 0.739. The Bertz CT molecular complexity index is 813. The molecule has 6 nitrogen and oxygen atoms in total. The van der Waals surface area contributed by atoms with Gasteiger partial charge in [0, 0.05) is 25.3 Å². The van der Waals surface area contributed by atoms with Crippen LogP contribution >= 0.6 is 0 Å². The maximum atomic E-state index is 13.2. The van der Waals surface area contributed by atoms with Crippen molar-refractivity contribution in [1.29, 1.82) is 0 Å². The number of aliphatic hydroxyl groups is 1. The molecule has 1 fully saturated rings. The van der Waals surface area contributed by atoms with E-state index >= 15 is 0 Å². The molecule has 1 aliphatic rings.